The molecule has 0 saturated carbocycles. The van der Waals surface area contributed by atoms with Gasteiger partial charge < -0.3 is 4.90 Å². The standard InChI is InChI=1S/C7H15N2S/c8-2-1-3-9-4-6-10-7-5-9/h8H,1-7H2. The first-order valence-electron chi connectivity index (χ1n) is 3.88. The van der Waals surface area contributed by atoms with Crippen LogP contribution in [-0.4, -0.2) is 42.6 Å². The van der Waals surface area contributed by atoms with Crippen molar-refractivity contribution in [2.24, 2.45) is 0 Å². The van der Waals surface area contributed by atoms with E-state index in [2.05, 4.69) is 4.90 Å². The molecular formula is C7H15N2S. The van der Waals surface area contributed by atoms with E-state index in [9.17, 15) is 0 Å². The lowest BCUT2D eigenvalue weighted by atomic mass is 10.4. The topological polar surface area (TPSA) is 27.0 Å². The zero-order valence-electron chi connectivity index (χ0n) is 6.31. The predicted octanol–water partition coefficient (Wildman–Crippen LogP) is 0.708. The minimum atomic E-state index is 0.587. The van der Waals surface area contributed by atoms with Crippen molar-refractivity contribution in [1.29, 1.82) is 0 Å². The van der Waals surface area contributed by atoms with E-state index in [0.717, 1.165) is 13.0 Å². The molecule has 0 spiro atoms. The van der Waals surface area contributed by atoms with Crippen LogP contribution in [0.2, 0.25) is 0 Å². The largest absolute Gasteiger partial charge is 0.302 e. The van der Waals surface area contributed by atoms with E-state index in [0.29, 0.717) is 6.54 Å². The van der Waals surface area contributed by atoms with Gasteiger partial charge in [-0.15, -0.1) is 0 Å². The fourth-order valence-corrected chi connectivity index (χ4v) is 2.11. The molecule has 1 aliphatic rings. The Morgan fingerprint density at radius 3 is 2.60 bits per heavy atom. The van der Waals surface area contributed by atoms with Crippen LogP contribution in [0, 0.1) is 0 Å². The summed E-state index contributed by atoms with van der Waals surface area (Å²) in [6.45, 7) is 4.21. The second kappa shape index (κ2) is 4.99. The predicted molar refractivity (Wildman–Crippen MR) is 46.3 cm³/mol. The van der Waals surface area contributed by atoms with Crippen LogP contribution in [0.1, 0.15) is 6.42 Å². The van der Waals surface area contributed by atoms with Gasteiger partial charge in [-0.05, 0) is 13.0 Å². The molecule has 0 aromatic rings. The molecule has 1 rings (SSSR count). The number of thioether (sulfide) groups is 1. The Balaban J connectivity index is 2.02. The van der Waals surface area contributed by atoms with Gasteiger partial charge in [0.25, 0.3) is 0 Å². The molecule has 1 N–H and O–H groups in total. The summed E-state index contributed by atoms with van der Waals surface area (Å²) in [4.78, 5) is 2.46. The molecule has 0 unspecified atom stereocenters. The van der Waals surface area contributed by atoms with Gasteiger partial charge in [-0.3, -0.25) is 5.73 Å². The third-order valence-corrected chi connectivity index (χ3v) is 2.70. The maximum absolute atomic E-state index is 6.99. The lowest BCUT2D eigenvalue weighted by Gasteiger charge is -2.25. The molecule has 1 aliphatic heterocycles. The van der Waals surface area contributed by atoms with Crippen LogP contribution in [0.15, 0.2) is 0 Å². The van der Waals surface area contributed by atoms with Crippen molar-refractivity contribution in [3.05, 3.63) is 0 Å². The average Bonchev–Trinajstić information content (AvgIpc) is 2.03. The Morgan fingerprint density at radius 2 is 2.00 bits per heavy atom. The van der Waals surface area contributed by atoms with Gasteiger partial charge in [0.2, 0.25) is 0 Å². The highest BCUT2D eigenvalue weighted by atomic mass is 32.2. The normalized spacial score (nSPS) is 21.3. The molecule has 0 bridgehead atoms. The molecule has 0 amide bonds. The molecule has 1 heterocycles. The van der Waals surface area contributed by atoms with Crippen molar-refractivity contribution < 1.29 is 0 Å². The molecule has 59 valence electrons. The summed E-state index contributed by atoms with van der Waals surface area (Å²) < 4.78 is 0. The zero-order valence-corrected chi connectivity index (χ0v) is 7.12. The van der Waals surface area contributed by atoms with E-state index < -0.39 is 0 Å². The van der Waals surface area contributed by atoms with Gasteiger partial charge in [0.05, 0.1) is 0 Å². The minimum Gasteiger partial charge on any atom is -0.302 e. The van der Waals surface area contributed by atoms with E-state index >= 15 is 0 Å². The van der Waals surface area contributed by atoms with Gasteiger partial charge in [0.15, 0.2) is 0 Å². The van der Waals surface area contributed by atoms with Gasteiger partial charge in [0.1, 0.15) is 0 Å². The van der Waals surface area contributed by atoms with Crippen LogP contribution < -0.4 is 5.73 Å². The monoisotopic (exact) mass is 159 g/mol. The summed E-state index contributed by atoms with van der Waals surface area (Å²) >= 11 is 2.04. The lowest BCUT2D eigenvalue weighted by Crippen LogP contribution is -2.33. The summed E-state index contributed by atoms with van der Waals surface area (Å²) in [6.07, 6.45) is 1.05. The van der Waals surface area contributed by atoms with Crippen molar-refractivity contribution in [3.63, 3.8) is 0 Å². The molecule has 1 fully saturated rings. The summed E-state index contributed by atoms with van der Waals surface area (Å²) in [5, 5.41) is 0. The van der Waals surface area contributed by atoms with Gasteiger partial charge >= 0.3 is 0 Å². The SMILES string of the molecule is [NH]CCCN1CCSCC1. The quantitative estimate of drug-likeness (QED) is 0.606. The maximum Gasteiger partial charge on any atom is 0.0112 e. The van der Waals surface area contributed by atoms with E-state index in [1.54, 1.807) is 0 Å². The van der Waals surface area contributed by atoms with Crippen LogP contribution in [0.3, 0.4) is 0 Å². The molecular weight excluding hydrogens is 144 g/mol. The van der Waals surface area contributed by atoms with Crippen LogP contribution in [0.25, 0.3) is 0 Å². The molecule has 10 heavy (non-hydrogen) atoms. The number of nitrogens with one attached hydrogen (secondary N) is 1. The summed E-state index contributed by atoms with van der Waals surface area (Å²) in [5.41, 5.74) is 6.99. The Labute approximate surface area is 67.1 Å². The first-order chi connectivity index (χ1) is 4.93. The molecule has 1 radical (unpaired) electrons. The Morgan fingerprint density at radius 1 is 1.30 bits per heavy atom. The van der Waals surface area contributed by atoms with Crippen LogP contribution in [0.5, 0.6) is 0 Å². The molecule has 0 aliphatic carbocycles. The van der Waals surface area contributed by atoms with E-state index in [1.165, 1.54) is 24.6 Å². The number of nitrogens with zero attached hydrogens (tertiary/aromatic N) is 1. The Bertz CT molecular complexity index is 81.7. The summed E-state index contributed by atoms with van der Waals surface area (Å²) in [6, 6.07) is 0. The van der Waals surface area contributed by atoms with E-state index in [4.69, 9.17) is 5.73 Å². The zero-order chi connectivity index (χ0) is 7.23. The van der Waals surface area contributed by atoms with Gasteiger partial charge in [-0.1, -0.05) is 0 Å². The second-order valence-corrected chi connectivity index (χ2v) is 3.78. The summed E-state index contributed by atoms with van der Waals surface area (Å²) in [5.74, 6) is 2.58. The number of hydrogen-bond donors (Lipinski definition) is 0. The molecule has 0 aromatic heterocycles. The van der Waals surface area contributed by atoms with Gasteiger partial charge in [-0.25, -0.2) is 0 Å². The van der Waals surface area contributed by atoms with Crippen molar-refractivity contribution in [2.75, 3.05) is 37.7 Å². The number of rotatable bonds is 3. The fraction of sp³-hybridized carbons (Fsp3) is 1.00. The highest BCUT2D eigenvalue weighted by Gasteiger charge is 2.08. The molecule has 3 heteroatoms. The fourth-order valence-electron chi connectivity index (χ4n) is 1.13. The highest BCUT2D eigenvalue weighted by molar-refractivity contribution is 7.99. The number of hydrogen-bond acceptors (Lipinski definition) is 2. The molecule has 0 atom stereocenters. The molecule has 2 nitrogen and oxygen atoms in total. The van der Waals surface area contributed by atoms with Crippen molar-refractivity contribution in [2.45, 2.75) is 6.42 Å². The average molecular weight is 159 g/mol. The van der Waals surface area contributed by atoms with Crippen LogP contribution >= 0.6 is 11.8 Å². The minimum absolute atomic E-state index is 0.587. The first-order valence-corrected chi connectivity index (χ1v) is 5.03. The van der Waals surface area contributed by atoms with Crippen LogP contribution in [0.4, 0.5) is 0 Å². The van der Waals surface area contributed by atoms with Crippen molar-refractivity contribution in [3.8, 4) is 0 Å². The maximum atomic E-state index is 6.99. The molecule has 1 saturated heterocycles. The Hall–Kier alpha value is 0.270. The smallest absolute Gasteiger partial charge is 0.0112 e. The lowest BCUT2D eigenvalue weighted by molar-refractivity contribution is 0.300. The van der Waals surface area contributed by atoms with Crippen molar-refractivity contribution in [1.82, 2.24) is 10.6 Å². The van der Waals surface area contributed by atoms with Gasteiger partial charge in [0, 0.05) is 31.1 Å². The third-order valence-electron chi connectivity index (χ3n) is 1.75. The van der Waals surface area contributed by atoms with Crippen LogP contribution in [-0.2, 0) is 0 Å². The van der Waals surface area contributed by atoms with Crippen molar-refractivity contribution >= 4 is 11.8 Å². The highest BCUT2D eigenvalue weighted by Crippen LogP contribution is 2.08. The first kappa shape index (κ1) is 8.37. The van der Waals surface area contributed by atoms with E-state index in [-0.39, 0.29) is 0 Å². The van der Waals surface area contributed by atoms with E-state index in [1.807, 2.05) is 11.8 Å². The molecule has 0 aromatic carbocycles. The third kappa shape index (κ3) is 2.90. The second-order valence-electron chi connectivity index (χ2n) is 2.56. The Kier molecular flexibility index (Phi) is 4.18. The summed E-state index contributed by atoms with van der Waals surface area (Å²) in [7, 11) is 0. The van der Waals surface area contributed by atoms with Gasteiger partial charge in [-0.2, -0.15) is 11.8 Å².